The van der Waals surface area contributed by atoms with Gasteiger partial charge in [-0.3, -0.25) is 4.99 Å². The molecule has 2 atom stereocenters. The van der Waals surface area contributed by atoms with Crippen LogP contribution in [0.25, 0.3) is 0 Å². The molecule has 152 valence electrons. The number of aliphatic hydroxyl groups excluding tert-OH is 1. The van der Waals surface area contributed by atoms with Crippen molar-refractivity contribution in [1.82, 2.24) is 15.1 Å². The van der Waals surface area contributed by atoms with Crippen LogP contribution in [0.5, 0.6) is 0 Å². The molecule has 1 amide bonds. The summed E-state index contributed by atoms with van der Waals surface area (Å²) in [6.07, 6.45) is -0.902. The maximum atomic E-state index is 12.2. The second-order valence-electron chi connectivity index (χ2n) is 7.48. The predicted octanol–water partition coefficient (Wildman–Crippen LogP) is 2.93. The van der Waals surface area contributed by atoms with E-state index in [1.807, 2.05) is 26.8 Å². The molecule has 1 saturated heterocycles. The van der Waals surface area contributed by atoms with Crippen molar-refractivity contribution in [3.63, 3.8) is 0 Å². The fourth-order valence-electron chi connectivity index (χ4n) is 3.02. The van der Waals surface area contributed by atoms with Gasteiger partial charge >= 0.3 is 6.09 Å². The van der Waals surface area contributed by atoms with E-state index in [4.69, 9.17) is 16.3 Å². The summed E-state index contributed by atoms with van der Waals surface area (Å²) >= 11 is 7.29. The molecule has 0 aliphatic carbocycles. The molecular weight excluding hydrogens is 503 g/mol. The molecule has 3 rings (SSSR count). The molecule has 2 aliphatic heterocycles. The summed E-state index contributed by atoms with van der Waals surface area (Å²) in [4.78, 5) is 21.5. The Balaban J connectivity index is 0.00000261. The van der Waals surface area contributed by atoms with Gasteiger partial charge in [0.1, 0.15) is 11.7 Å². The van der Waals surface area contributed by atoms with Crippen molar-refractivity contribution in [2.75, 3.05) is 32.7 Å². The van der Waals surface area contributed by atoms with Crippen LogP contribution in [0.15, 0.2) is 17.1 Å². The number of piperazine rings is 1. The normalized spacial score (nSPS) is 20.5. The van der Waals surface area contributed by atoms with Crippen molar-refractivity contribution in [2.45, 2.75) is 38.5 Å². The van der Waals surface area contributed by atoms with Crippen LogP contribution in [0.4, 0.5) is 4.79 Å². The van der Waals surface area contributed by atoms with Crippen LogP contribution in [0.1, 0.15) is 31.8 Å². The Morgan fingerprint density at radius 3 is 2.85 bits per heavy atom. The van der Waals surface area contributed by atoms with E-state index in [1.165, 1.54) is 11.3 Å². The van der Waals surface area contributed by atoms with Crippen molar-refractivity contribution in [3.05, 3.63) is 21.3 Å². The zero-order chi connectivity index (χ0) is 18.9. The van der Waals surface area contributed by atoms with Crippen molar-refractivity contribution < 1.29 is 14.6 Å². The molecule has 0 saturated carbocycles. The number of fused-ring (bicyclic) bond motifs is 1. The molecule has 7 nitrogen and oxygen atoms in total. The second kappa shape index (κ2) is 9.15. The zero-order valence-corrected chi connectivity index (χ0v) is 19.5. The highest BCUT2D eigenvalue weighted by Crippen LogP contribution is 2.26. The molecule has 2 aliphatic rings. The molecule has 2 N–H and O–H groups in total. The first-order valence-electron chi connectivity index (χ1n) is 8.69. The largest absolute Gasteiger partial charge is 0.444 e. The second-order valence-corrected chi connectivity index (χ2v) is 9.22. The van der Waals surface area contributed by atoms with Gasteiger partial charge in [0.25, 0.3) is 0 Å². The van der Waals surface area contributed by atoms with Crippen LogP contribution in [0.2, 0.25) is 4.34 Å². The first-order valence-corrected chi connectivity index (χ1v) is 9.88. The highest BCUT2D eigenvalue weighted by Gasteiger charge is 2.36. The number of nitrogens with zero attached hydrogens (tertiary/aromatic N) is 3. The number of aliphatic hydroxyl groups is 1. The van der Waals surface area contributed by atoms with Crippen LogP contribution in [-0.4, -0.2) is 71.3 Å². The summed E-state index contributed by atoms with van der Waals surface area (Å²) in [6.45, 7) is 8.48. The van der Waals surface area contributed by atoms with Crippen LogP contribution in [0.3, 0.4) is 0 Å². The molecule has 1 aromatic rings. The van der Waals surface area contributed by atoms with Gasteiger partial charge in [-0.05, 0) is 32.9 Å². The van der Waals surface area contributed by atoms with Crippen molar-refractivity contribution in [2.24, 2.45) is 4.99 Å². The first-order chi connectivity index (χ1) is 12.2. The number of guanidine groups is 1. The fraction of sp³-hybridized carbons (Fsp3) is 0.647. The molecule has 10 heteroatoms. The minimum atomic E-state index is -0.627. The quantitative estimate of drug-likeness (QED) is 0.590. The minimum absolute atomic E-state index is 0. The molecule has 1 fully saturated rings. The third-order valence-electron chi connectivity index (χ3n) is 4.23. The van der Waals surface area contributed by atoms with Crippen molar-refractivity contribution >= 4 is 59.0 Å². The van der Waals surface area contributed by atoms with E-state index >= 15 is 0 Å². The first kappa shape index (κ1) is 22.5. The number of amides is 1. The standard InChI is InChI=1S/C17H25ClN4O3S.HI/c1-17(2,3)25-16(24)21-6-7-22-11(10-21)8-19-15(22)20-9-12(23)13-4-5-14(18)26-13;/h4-5,11-12,23H,6-10H2,1-3H3,(H,19,20);1H. The molecule has 0 aromatic carbocycles. The van der Waals surface area contributed by atoms with Gasteiger partial charge in [-0.15, -0.1) is 35.3 Å². The van der Waals surface area contributed by atoms with E-state index in [0.29, 0.717) is 37.1 Å². The molecule has 0 radical (unpaired) electrons. The molecule has 0 bridgehead atoms. The van der Waals surface area contributed by atoms with Gasteiger partial charge < -0.3 is 25.0 Å². The topological polar surface area (TPSA) is 77.4 Å². The third-order valence-corrected chi connectivity index (χ3v) is 5.57. The van der Waals surface area contributed by atoms with Gasteiger partial charge in [-0.25, -0.2) is 4.79 Å². The Hall–Kier alpha value is -0.780. The number of aliphatic imine (C=N–C) groups is 1. The number of hydrogen-bond donors (Lipinski definition) is 2. The number of rotatable bonds is 3. The van der Waals surface area contributed by atoms with Crippen molar-refractivity contribution in [3.8, 4) is 0 Å². The number of thiophene rings is 1. The third kappa shape index (κ3) is 5.85. The van der Waals surface area contributed by atoms with Crippen LogP contribution in [-0.2, 0) is 4.74 Å². The van der Waals surface area contributed by atoms with Gasteiger partial charge in [-0.2, -0.15) is 0 Å². The number of carbonyl (C=O) groups excluding carboxylic acids is 1. The van der Waals surface area contributed by atoms with Gasteiger partial charge in [0, 0.05) is 31.1 Å². The van der Waals surface area contributed by atoms with E-state index in [1.54, 1.807) is 11.0 Å². The lowest BCUT2D eigenvalue weighted by Gasteiger charge is -2.39. The summed E-state index contributed by atoms with van der Waals surface area (Å²) in [6, 6.07) is 3.76. The Labute approximate surface area is 185 Å². The fourth-order valence-corrected chi connectivity index (χ4v) is 4.07. The average Bonchev–Trinajstić information content (AvgIpc) is 3.16. The number of ether oxygens (including phenoxy) is 1. The van der Waals surface area contributed by atoms with Crippen LogP contribution >= 0.6 is 46.9 Å². The van der Waals surface area contributed by atoms with Crippen LogP contribution in [0, 0.1) is 0 Å². The lowest BCUT2D eigenvalue weighted by molar-refractivity contribution is 0.0137. The van der Waals surface area contributed by atoms with E-state index in [9.17, 15) is 9.90 Å². The predicted molar refractivity (Wildman–Crippen MR) is 118 cm³/mol. The van der Waals surface area contributed by atoms with Gasteiger partial charge in [0.05, 0.1) is 16.9 Å². The Kier molecular flexibility index (Phi) is 7.62. The molecule has 2 unspecified atom stereocenters. The van der Waals surface area contributed by atoms with E-state index < -0.39 is 11.7 Å². The zero-order valence-electron chi connectivity index (χ0n) is 15.6. The molecule has 27 heavy (non-hydrogen) atoms. The Morgan fingerprint density at radius 2 is 2.22 bits per heavy atom. The number of nitrogens with one attached hydrogen (secondary N) is 1. The SMILES string of the molecule is CC(C)(C)OC(=O)N1CCN2C(NCC(O)c3ccc(Cl)s3)=NCC2C1.I. The molecule has 1 aromatic heterocycles. The summed E-state index contributed by atoms with van der Waals surface area (Å²) in [5, 5.41) is 13.5. The maximum Gasteiger partial charge on any atom is 0.410 e. The average molecular weight is 529 g/mol. The minimum Gasteiger partial charge on any atom is -0.444 e. The molecule has 3 heterocycles. The van der Waals surface area contributed by atoms with Gasteiger partial charge in [0.15, 0.2) is 5.96 Å². The Morgan fingerprint density at radius 1 is 1.48 bits per heavy atom. The smallest absolute Gasteiger partial charge is 0.410 e. The number of carbonyl (C=O) groups is 1. The highest BCUT2D eigenvalue weighted by molar-refractivity contribution is 14.0. The number of hydrogen-bond acceptors (Lipinski definition) is 7. The Bertz CT molecular complexity index is 694. The lowest BCUT2D eigenvalue weighted by atomic mass is 10.2. The van der Waals surface area contributed by atoms with E-state index in [2.05, 4.69) is 15.2 Å². The van der Waals surface area contributed by atoms with Gasteiger partial charge in [-0.1, -0.05) is 11.6 Å². The molecular formula is C17H26ClIN4O3S. The summed E-state index contributed by atoms with van der Waals surface area (Å²) in [5.74, 6) is 0.778. The summed E-state index contributed by atoms with van der Waals surface area (Å²) in [5.41, 5.74) is -0.492. The van der Waals surface area contributed by atoms with E-state index in [0.717, 1.165) is 10.8 Å². The number of halogens is 2. The monoisotopic (exact) mass is 528 g/mol. The maximum absolute atomic E-state index is 12.2. The summed E-state index contributed by atoms with van der Waals surface area (Å²) in [7, 11) is 0. The lowest BCUT2D eigenvalue weighted by Crippen LogP contribution is -2.57. The highest BCUT2D eigenvalue weighted by atomic mass is 127. The van der Waals surface area contributed by atoms with Crippen LogP contribution < -0.4 is 5.32 Å². The van der Waals surface area contributed by atoms with E-state index in [-0.39, 0.29) is 36.1 Å². The molecule has 0 spiro atoms. The van der Waals surface area contributed by atoms with Crippen molar-refractivity contribution in [1.29, 1.82) is 0 Å². The van der Waals surface area contributed by atoms with Gasteiger partial charge in [0.2, 0.25) is 0 Å². The summed E-state index contributed by atoms with van der Waals surface area (Å²) < 4.78 is 6.12.